The average molecular weight is 343 g/mol. The molecule has 1 heterocycles. The molecule has 0 aromatic heterocycles. The van der Waals surface area contributed by atoms with Gasteiger partial charge in [-0.25, -0.2) is 4.67 Å². The zero-order chi connectivity index (χ0) is 17.1. The van der Waals surface area contributed by atoms with E-state index in [4.69, 9.17) is 14.4 Å². The third kappa shape index (κ3) is 7.60. The standard InChI is InChI=1S/C17H30NO4P/c1-4-17(8-7-16(2)3)6-5-15-23(20,22-14-11-19)18-9-12-21-13-10-18/h4,7-8,19H,2,5-6,9-15H2,1,3H3/b8-7-,17-4-. The first kappa shape index (κ1) is 20.3. The van der Waals surface area contributed by atoms with Gasteiger partial charge in [0.2, 0.25) is 0 Å². The summed E-state index contributed by atoms with van der Waals surface area (Å²) in [4.78, 5) is 0. The summed E-state index contributed by atoms with van der Waals surface area (Å²) in [6, 6.07) is 0. The fourth-order valence-corrected chi connectivity index (χ4v) is 4.66. The molecule has 0 amide bonds. The summed E-state index contributed by atoms with van der Waals surface area (Å²) in [5.74, 6) is 0. The van der Waals surface area contributed by atoms with Gasteiger partial charge in [0, 0.05) is 19.3 Å². The lowest BCUT2D eigenvalue weighted by atomic mass is 10.1. The van der Waals surface area contributed by atoms with Gasteiger partial charge in [-0.1, -0.05) is 36.0 Å². The van der Waals surface area contributed by atoms with E-state index in [2.05, 4.69) is 18.7 Å². The van der Waals surface area contributed by atoms with Crippen molar-refractivity contribution < 1.29 is 18.9 Å². The van der Waals surface area contributed by atoms with E-state index in [0.717, 1.165) is 18.4 Å². The van der Waals surface area contributed by atoms with Crippen molar-refractivity contribution in [3.05, 3.63) is 36.0 Å². The van der Waals surface area contributed by atoms with E-state index in [9.17, 15) is 4.57 Å². The van der Waals surface area contributed by atoms with E-state index in [-0.39, 0.29) is 13.2 Å². The Morgan fingerprint density at radius 2 is 2.09 bits per heavy atom. The van der Waals surface area contributed by atoms with Crippen molar-refractivity contribution in [2.24, 2.45) is 0 Å². The number of rotatable bonds is 10. The van der Waals surface area contributed by atoms with E-state index in [1.165, 1.54) is 5.57 Å². The molecule has 1 fully saturated rings. The van der Waals surface area contributed by atoms with E-state index < -0.39 is 7.52 Å². The molecular formula is C17H30NO4P. The first-order valence-electron chi connectivity index (χ1n) is 8.18. The second kappa shape index (κ2) is 11.0. The molecule has 1 aliphatic heterocycles. The summed E-state index contributed by atoms with van der Waals surface area (Å²) in [7, 11) is -2.89. The lowest BCUT2D eigenvalue weighted by Gasteiger charge is -2.33. The number of morpholine rings is 1. The lowest BCUT2D eigenvalue weighted by Crippen LogP contribution is -2.35. The number of ether oxygens (including phenoxy) is 1. The Morgan fingerprint density at radius 3 is 2.65 bits per heavy atom. The zero-order valence-electron chi connectivity index (χ0n) is 14.4. The molecule has 0 saturated carbocycles. The fourth-order valence-electron chi connectivity index (χ4n) is 2.39. The van der Waals surface area contributed by atoms with E-state index in [1.54, 1.807) is 0 Å². The minimum atomic E-state index is -2.89. The molecule has 0 aromatic rings. The molecule has 1 atom stereocenters. The van der Waals surface area contributed by atoms with Gasteiger partial charge >= 0.3 is 0 Å². The number of allylic oxidation sites excluding steroid dienone is 5. The predicted molar refractivity (Wildman–Crippen MR) is 94.8 cm³/mol. The van der Waals surface area contributed by atoms with Gasteiger partial charge in [0.1, 0.15) is 0 Å². The van der Waals surface area contributed by atoms with Gasteiger partial charge in [-0.3, -0.25) is 4.57 Å². The maximum atomic E-state index is 13.1. The number of aliphatic hydroxyl groups excluding tert-OH is 1. The fraction of sp³-hybridized carbons (Fsp3) is 0.647. The van der Waals surface area contributed by atoms with Crippen LogP contribution in [0.2, 0.25) is 0 Å². The Morgan fingerprint density at radius 1 is 1.39 bits per heavy atom. The van der Waals surface area contributed by atoms with Crippen LogP contribution in [0.25, 0.3) is 0 Å². The Kier molecular flexibility index (Phi) is 9.68. The largest absolute Gasteiger partial charge is 0.394 e. The van der Waals surface area contributed by atoms with Crippen LogP contribution in [0.5, 0.6) is 0 Å². The molecule has 1 aliphatic rings. The van der Waals surface area contributed by atoms with Crippen LogP contribution in [-0.4, -0.2) is 55.5 Å². The van der Waals surface area contributed by atoms with Gasteiger partial charge in [0.25, 0.3) is 7.52 Å². The van der Waals surface area contributed by atoms with Crippen molar-refractivity contribution in [1.29, 1.82) is 0 Å². The molecule has 132 valence electrons. The molecule has 0 aliphatic carbocycles. The Labute approximate surface area is 140 Å². The van der Waals surface area contributed by atoms with Crippen molar-refractivity contribution in [2.75, 3.05) is 45.7 Å². The van der Waals surface area contributed by atoms with Crippen LogP contribution in [0.1, 0.15) is 26.7 Å². The van der Waals surface area contributed by atoms with E-state index >= 15 is 0 Å². The second-order valence-corrected chi connectivity index (χ2v) is 8.18. The van der Waals surface area contributed by atoms with Gasteiger partial charge in [-0.15, -0.1) is 0 Å². The molecule has 23 heavy (non-hydrogen) atoms. The first-order valence-corrected chi connectivity index (χ1v) is 9.94. The Balaban J connectivity index is 2.59. The van der Waals surface area contributed by atoms with Gasteiger partial charge < -0.3 is 14.4 Å². The maximum Gasteiger partial charge on any atom is 0.272 e. The molecule has 1 unspecified atom stereocenters. The van der Waals surface area contributed by atoms with Gasteiger partial charge in [-0.05, 0) is 26.7 Å². The van der Waals surface area contributed by atoms with Crippen molar-refractivity contribution in [3.63, 3.8) is 0 Å². The van der Waals surface area contributed by atoms with Crippen LogP contribution < -0.4 is 0 Å². The first-order chi connectivity index (χ1) is 11.0. The Hall–Kier alpha value is -0.710. The van der Waals surface area contributed by atoms with Crippen molar-refractivity contribution in [3.8, 4) is 0 Å². The summed E-state index contributed by atoms with van der Waals surface area (Å²) in [6.07, 6.45) is 8.21. The topological polar surface area (TPSA) is 59.0 Å². The number of hydrogen-bond donors (Lipinski definition) is 1. The molecular weight excluding hydrogens is 313 g/mol. The van der Waals surface area contributed by atoms with Crippen LogP contribution in [0.4, 0.5) is 0 Å². The highest BCUT2D eigenvalue weighted by Crippen LogP contribution is 2.51. The highest BCUT2D eigenvalue weighted by Gasteiger charge is 2.32. The predicted octanol–water partition coefficient (Wildman–Crippen LogP) is 3.38. The molecule has 5 nitrogen and oxygen atoms in total. The highest BCUT2D eigenvalue weighted by atomic mass is 31.2. The molecule has 0 aromatic carbocycles. The van der Waals surface area contributed by atoms with E-state index in [0.29, 0.717) is 32.5 Å². The summed E-state index contributed by atoms with van der Waals surface area (Å²) < 4.78 is 25.9. The van der Waals surface area contributed by atoms with Gasteiger partial charge in [-0.2, -0.15) is 0 Å². The molecule has 1 N–H and O–H groups in total. The molecule has 0 bridgehead atoms. The molecule has 6 heteroatoms. The van der Waals surface area contributed by atoms with Crippen LogP contribution in [0.15, 0.2) is 36.0 Å². The quantitative estimate of drug-likeness (QED) is 0.487. The monoisotopic (exact) mass is 343 g/mol. The van der Waals surface area contributed by atoms with Crippen LogP contribution >= 0.6 is 7.52 Å². The average Bonchev–Trinajstić information content (AvgIpc) is 2.56. The van der Waals surface area contributed by atoms with Crippen LogP contribution in [0, 0.1) is 0 Å². The zero-order valence-corrected chi connectivity index (χ0v) is 15.3. The number of nitrogens with zero attached hydrogens (tertiary/aromatic N) is 1. The SMILES string of the molecule is C=C(C)/C=C\C(=C/C)CCCP(=O)(OCCO)N1CCOCC1. The number of aliphatic hydroxyl groups is 1. The minimum Gasteiger partial charge on any atom is -0.394 e. The van der Waals surface area contributed by atoms with Gasteiger partial charge in [0.05, 0.1) is 26.4 Å². The second-order valence-electron chi connectivity index (χ2n) is 5.63. The molecule has 1 saturated heterocycles. The summed E-state index contributed by atoms with van der Waals surface area (Å²) in [5, 5.41) is 8.99. The summed E-state index contributed by atoms with van der Waals surface area (Å²) in [6.45, 7) is 10.2. The molecule has 0 radical (unpaired) electrons. The summed E-state index contributed by atoms with van der Waals surface area (Å²) in [5.41, 5.74) is 2.21. The minimum absolute atomic E-state index is 0.112. The Bertz CT molecular complexity index is 467. The molecule has 1 rings (SSSR count). The smallest absolute Gasteiger partial charge is 0.272 e. The van der Waals surface area contributed by atoms with Crippen LogP contribution in [0.3, 0.4) is 0 Å². The number of hydrogen-bond acceptors (Lipinski definition) is 4. The lowest BCUT2D eigenvalue weighted by molar-refractivity contribution is 0.0630. The van der Waals surface area contributed by atoms with E-state index in [1.807, 2.05) is 24.6 Å². The third-order valence-corrected chi connectivity index (χ3v) is 6.39. The van der Waals surface area contributed by atoms with Crippen LogP contribution in [-0.2, 0) is 13.8 Å². The molecule has 0 spiro atoms. The maximum absolute atomic E-state index is 13.1. The van der Waals surface area contributed by atoms with Crippen molar-refractivity contribution >= 4 is 7.52 Å². The third-order valence-electron chi connectivity index (χ3n) is 3.66. The van der Waals surface area contributed by atoms with Crippen molar-refractivity contribution in [2.45, 2.75) is 26.7 Å². The van der Waals surface area contributed by atoms with Gasteiger partial charge in [0.15, 0.2) is 0 Å². The highest BCUT2D eigenvalue weighted by molar-refractivity contribution is 7.56. The normalized spacial score (nSPS) is 19.9. The summed E-state index contributed by atoms with van der Waals surface area (Å²) >= 11 is 0. The van der Waals surface area contributed by atoms with Crippen molar-refractivity contribution in [1.82, 2.24) is 4.67 Å².